The van der Waals surface area contributed by atoms with Gasteiger partial charge in [0.15, 0.2) is 5.82 Å². The molecule has 136 valence electrons. The highest BCUT2D eigenvalue weighted by atomic mass is 79.9. The Balaban J connectivity index is 1.41. The minimum atomic E-state index is 0.0626. The van der Waals surface area contributed by atoms with Gasteiger partial charge in [0.05, 0.1) is 11.3 Å². The molecule has 1 aliphatic heterocycles. The van der Waals surface area contributed by atoms with E-state index in [0.29, 0.717) is 18.7 Å². The van der Waals surface area contributed by atoms with Crippen LogP contribution in [0.25, 0.3) is 11.3 Å². The molecule has 1 saturated heterocycles. The van der Waals surface area contributed by atoms with Crippen LogP contribution in [0.1, 0.15) is 10.4 Å². The number of benzene rings is 2. The molecule has 3 aromatic rings. The lowest BCUT2D eigenvalue weighted by Crippen LogP contribution is -2.49. The van der Waals surface area contributed by atoms with Crippen LogP contribution >= 0.6 is 15.9 Å². The molecule has 6 heteroatoms. The maximum Gasteiger partial charge on any atom is 0.255 e. The quantitative estimate of drug-likeness (QED) is 0.642. The second-order valence-corrected chi connectivity index (χ2v) is 7.26. The van der Waals surface area contributed by atoms with Gasteiger partial charge in [-0.05, 0) is 40.2 Å². The van der Waals surface area contributed by atoms with Gasteiger partial charge < -0.3 is 9.80 Å². The lowest BCUT2D eigenvalue weighted by Gasteiger charge is -2.35. The average Bonchev–Trinajstić information content (AvgIpc) is 2.74. The fourth-order valence-corrected chi connectivity index (χ4v) is 3.65. The first-order valence-electron chi connectivity index (χ1n) is 8.90. The van der Waals surface area contributed by atoms with Gasteiger partial charge in [0.1, 0.15) is 0 Å². The molecule has 0 N–H and O–H groups in total. The number of halogens is 1. The van der Waals surface area contributed by atoms with Gasteiger partial charge in [-0.25, -0.2) is 0 Å². The Morgan fingerprint density at radius 1 is 0.815 bits per heavy atom. The van der Waals surface area contributed by atoms with Crippen LogP contribution in [0.2, 0.25) is 0 Å². The smallest absolute Gasteiger partial charge is 0.255 e. The third-order valence-electron chi connectivity index (χ3n) is 4.72. The lowest BCUT2D eigenvalue weighted by molar-refractivity contribution is 0.0745. The summed E-state index contributed by atoms with van der Waals surface area (Å²) in [5, 5.41) is 8.74. The Hall–Kier alpha value is -2.73. The molecule has 0 bridgehead atoms. The van der Waals surface area contributed by atoms with Crippen molar-refractivity contribution in [3.05, 3.63) is 76.8 Å². The number of carbonyl (C=O) groups is 1. The molecule has 2 aromatic carbocycles. The molecule has 2 heterocycles. The molecular weight excluding hydrogens is 404 g/mol. The summed E-state index contributed by atoms with van der Waals surface area (Å²) < 4.78 is 0.833. The minimum Gasteiger partial charge on any atom is -0.352 e. The number of rotatable bonds is 3. The zero-order valence-electron chi connectivity index (χ0n) is 14.8. The fraction of sp³-hybridized carbons (Fsp3) is 0.190. The predicted octanol–water partition coefficient (Wildman–Crippen LogP) is 3.87. The number of carbonyl (C=O) groups excluding carboxylic acids is 1. The van der Waals surface area contributed by atoms with Crippen LogP contribution < -0.4 is 4.90 Å². The first-order valence-corrected chi connectivity index (χ1v) is 9.69. The van der Waals surface area contributed by atoms with Crippen LogP contribution in [0.5, 0.6) is 0 Å². The molecule has 27 heavy (non-hydrogen) atoms. The van der Waals surface area contributed by atoms with E-state index in [1.165, 1.54) is 0 Å². The summed E-state index contributed by atoms with van der Waals surface area (Å²) >= 11 is 3.46. The third kappa shape index (κ3) is 3.85. The van der Waals surface area contributed by atoms with Crippen molar-refractivity contribution in [2.75, 3.05) is 31.1 Å². The van der Waals surface area contributed by atoms with E-state index in [-0.39, 0.29) is 5.91 Å². The van der Waals surface area contributed by atoms with Gasteiger partial charge in [-0.2, -0.15) is 0 Å². The summed E-state index contributed by atoms with van der Waals surface area (Å²) in [7, 11) is 0. The first kappa shape index (κ1) is 17.7. The lowest BCUT2D eigenvalue weighted by atomic mass is 10.1. The summed E-state index contributed by atoms with van der Waals surface area (Å²) in [4.78, 5) is 16.8. The van der Waals surface area contributed by atoms with Crippen molar-refractivity contribution >= 4 is 27.7 Å². The third-order valence-corrected chi connectivity index (χ3v) is 5.41. The summed E-state index contributed by atoms with van der Waals surface area (Å²) in [6, 6.07) is 21.6. The Morgan fingerprint density at radius 2 is 1.52 bits per heavy atom. The van der Waals surface area contributed by atoms with Crippen LogP contribution in [0, 0.1) is 0 Å². The largest absolute Gasteiger partial charge is 0.352 e. The minimum absolute atomic E-state index is 0.0626. The van der Waals surface area contributed by atoms with Crippen molar-refractivity contribution in [2.45, 2.75) is 0 Å². The SMILES string of the molecule is O=C(c1ccccc1Br)N1CCN(c2ccc(-c3ccccc3)nn2)CC1. The monoisotopic (exact) mass is 422 g/mol. The van der Waals surface area contributed by atoms with Crippen molar-refractivity contribution in [3.63, 3.8) is 0 Å². The highest BCUT2D eigenvalue weighted by molar-refractivity contribution is 9.10. The van der Waals surface area contributed by atoms with Gasteiger partial charge in [-0.3, -0.25) is 4.79 Å². The maximum atomic E-state index is 12.7. The standard InChI is InChI=1S/C21H19BrN4O/c22-18-9-5-4-8-17(18)21(27)26-14-12-25(13-15-26)20-11-10-19(23-24-20)16-6-2-1-3-7-16/h1-11H,12-15H2. The van der Waals surface area contributed by atoms with Gasteiger partial charge in [0.25, 0.3) is 5.91 Å². The number of nitrogens with zero attached hydrogens (tertiary/aromatic N) is 4. The number of anilines is 1. The molecule has 0 radical (unpaired) electrons. The van der Waals surface area contributed by atoms with Crippen LogP contribution in [-0.2, 0) is 0 Å². The van der Waals surface area contributed by atoms with Crippen molar-refractivity contribution in [3.8, 4) is 11.3 Å². The van der Waals surface area contributed by atoms with E-state index in [4.69, 9.17) is 0 Å². The first-order chi connectivity index (χ1) is 13.2. The molecule has 1 aliphatic rings. The summed E-state index contributed by atoms with van der Waals surface area (Å²) in [5.41, 5.74) is 2.63. The number of hydrogen-bond donors (Lipinski definition) is 0. The van der Waals surface area contributed by atoms with Crippen molar-refractivity contribution < 1.29 is 4.79 Å². The topological polar surface area (TPSA) is 49.3 Å². The summed E-state index contributed by atoms with van der Waals surface area (Å²) in [6.45, 7) is 2.83. The van der Waals surface area contributed by atoms with E-state index in [1.54, 1.807) is 0 Å². The van der Waals surface area contributed by atoms with Gasteiger partial charge in [-0.15, -0.1) is 10.2 Å². The Morgan fingerprint density at radius 3 is 2.19 bits per heavy atom. The molecule has 0 aliphatic carbocycles. The summed E-state index contributed by atoms with van der Waals surface area (Å²) in [6.07, 6.45) is 0. The normalized spacial score (nSPS) is 14.3. The molecule has 1 amide bonds. The van der Waals surface area contributed by atoms with Crippen LogP contribution in [-0.4, -0.2) is 47.2 Å². The summed E-state index contributed by atoms with van der Waals surface area (Å²) in [5.74, 6) is 0.912. The van der Waals surface area contributed by atoms with Gasteiger partial charge in [0.2, 0.25) is 0 Å². The highest BCUT2D eigenvalue weighted by Crippen LogP contribution is 2.21. The predicted molar refractivity (Wildman–Crippen MR) is 110 cm³/mol. The van der Waals surface area contributed by atoms with E-state index in [9.17, 15) is 4.79 Å². The maximum absolute atomic E-state index is 12.7. The van der Waals surface area contributed by atoms with Gasteiger partial charge in [-0.1, -0.05) is 42.5 Å². The Labute approximate surface area is 166 Å². The zero-order valence-corrected chi connectivity index (χ0v) is 16.3. The molecule has 0 spiro atoms. The molecule has 1 fully saturated rings. The van der Waals surface area contributed by atoms with Crippen molar-refractivity contribution in [1.29, 1.82) is 0 Å². The molecule has 0 unspecified atom stereocenters. The highest BCUT2D eigenvalue weighted by Gasteiger charge is 2.24. The van der Waals surface area contributed by atoms with Crippen LogP contribution in [0.3, 0.4) is 0 Å². The molecule has 0 atom stereocenters. The number of aromatic nitrogens is 2. The Bertz CT molecular complexity index is 922. The molecule has 0 saturated carbocycles. The number of hydrogen-bond acceptors (Lipinski definition) is 4. The number of piperazine rings is 1. The average molecular weight is 423 g/mol. The van der Waals surface area contributed by atoms with Crippen molar-refractivity contribution in [2.24, 2.45) is 0 Å². The molecule has 5 nitrogen and oxygen atoms in total. The van der Waals surface area contributed by atoms with Crippen LogP contribution in [0.15, 0.2) is 71.2 Å². The van der Waals surface area contributed by atoms with Crippen LogP contribution in [0.4, 0.5) is 5.82 Å². The van der Waals surface area contributed by atoms with Gasteiger partial charge >= 0.3 is 0 Å². The van der Waals surface area contributed by atoms with E-state index in [0.717, 1.165) is 34.6 Å². The second-order valence-electron chi connectivity index (χ2n) is 6.40. The number of amides is 1. The Kier molecular flexibility index (Phi) is 5.16. The fourth-order valence-electron chi connectivity index (χ4n) is 3.20. The van der Waals surface area contributed by atoms with Gasteiger partial charge in [0, 0.05) is 36.2 Å². The molecule has 4 rings (SSSR count). The zero-order chi connectivity index (χ0) is 18.6. The molecular formula is C21H19BrN4O. The van der Waals surface area contributed by atoms with Crippen molar-refractivity contribution in [1.82, 2.24) is 15.1 Å². The van der Waals surface area contributed by atoms with E-state index < -0.39 is 0 Å². The molecule has 1 aromatic heterocycles. The van der Waals surface area contributed by atoms with E-state index in [2.05, 4.69) is 31.0 Å². The second kappa shape index (κ2) is 7.88. The van der Waals surface area contributed by atoms with E-state index >= 15 is 0 Å². The van der Waals surface area contributed by atoms with E-state index in [1.807, 2.05) is 71.6 Å².